The molecule has 1 aromatic carbocycles. The van der Waals surface area contributed by atoms with Gasteiger partial charge in [-0.2, -0.15) is 0 Å². The molecule has 2 aromatic rings. The van der Waals surface area contributed by atoms with E-state index >= 15 is 0 Å². The minimum absolute atomic E-state index is 0.0358. The van der Waals surface area contributed by atoms with Crippen molar-refractivity contribution in [3.8, 4) is 17.6 Å². The monoisotopic (exact) mass is 287 g/mol. The summed E-state index contributed by atoms with van der Waals surface area (Å²) in [6.45, 7) is 0.903. The third kappa shape index (κ3) is 3.91. The first kappa shape index (κ1) is 14.2. The molecule has 0 fully saturated rings. The highest BCUT2D eigenvalue weighted by Crippen LogP contribution is 2.16. The third-order valence-corrected chi connectivity index (χ3v) is 2.80. The molecule has 1 heterocycles. The van der Waals surface area contributed by atoms with E-state index in [2.05, 4.69) is 11.8 Å². The fourth-order valence-electron chi connectivity index (χ4n) is 1.72. The summed E-state index contributed by atoms with van der Waals surface area (Å²) in [5.41, 5.74) is 0.764. The van der Waals surface area contributed by atoms with Crippen molar-refractivity contribution in [2.45, 2.75) is 6.54 Å². The van der Waals surface area contributed by atoms with Crippen LogP contribution in [-0.2, 0) is 6.54 Å². The molecule has 0 amide bonds. The van der Waals surface area contributed by atoms with Gasteiger partial charge in [-0.3, -0.25) is 4.79 Å². The summed E-state index contributed by atoms with van der Waals surface area (Å²) in [4.78, 5) is 11.5. The SMILES string of the molecule is O=c1ccccn1CCOc1ccccc1C#CCCl. The molecule has 0 radical (unpaired) electrons. The average Bonchev–Trinajstić information content (AvgIpc) is 2.48. The predicted octanol–water partition coefficient (Wildman–Crippen LogP) is 2.52. The Morgan fingerprint density at radius 3 is 2.75 bits per heavy atom. The van der Waals surface area contributed by atoms with E-state index in [1.807, 2.05) is 30.3 Å². The van der Waals surface area contributed by atoms with Crippen LogP contribution in [0.25, 0.3) is 0 Å². The minimum atomic E-state index is -0.0358. The molecule has 1 aromatic heterocycles. The van der Waals surface area contributed by atoms with Crippen LogP contribution in [0.4, 0.5) is 0 Å². The van der Waals surface area contributed by atoms with Gasteiger partial charge in [0.05, 0.1) is 18.0 Å². The summed E-state index contributed by atoms with van der Waals surface area (Å²) in [7, 11) is 0. The first-order valence-corrected chi connectivity index (χ1v) is 6.77. The molecule has 0 aliphatic rings. The second-order valence-electron chi connectivity index (χ2n) is 4.01. The van der Waals surface area contributed by atoms with Crippen molar-refractivity contribution in [3.05, 3.63) is 64.6 Å². The minimum Gasteiger partial charge on any atom is -0.490 e. The van der Waals surface area contributed by atoms with Gasteiger partial charge in [0.2, 0.25) is 0 Å². The van der Waals surface area contributed by atoms with E-state index in [-0.39, 0.29) is 11.4 Å². The van der Waals surface area contributed by atoms with Crippen molar-refractivity contribution in [2.75, 3.05) is 12.5 Å². The maximum absolute atomic E-state index is 11.5. The zero-order chi connectivity index (χ0) is 14.2. The highest BCUT2D eigenvalue weighted by Gasteiger charge is 2.00. The molecule has 0 unspecified atom stereocenters. The van der Waals surface area contributed by atoms with E-state index in [1.54, 1.807) is 16.8 Å². The smallest absolute Gasteiger partial charge is 0.250 e. The summed E-state index contributed by atoms with van der Waals surface area (Å²) in [6, 6.07) is 12.6. The Morgan fingerprint density at radius 2 is 1.95 bits per heavy atom. The topological polar surface area (TPSA) is 31.2 Å². The van der Waals surface area contributed by atoms with Crippen molar-refractivity contribution in [2.24, 2.45) is 0 Å². The number of nitrogens with zero attached hydrogens (tertiary/aromatic N) is 1. The molecular formula is C16H14ClNO2. The fraction of sp³-hybridized carbons (Fsp3) is 0.188. The Kier molecular flexibility index (Phi) is 5.28. The van der Waals surface area contributed by atoms with Crippen LogP contribution in [0.15, 0.2) is 53.5 Å². The first-order chi connectivity index (χ1) is 9.81. The Labute approximate surface area is 122 Å². The molecule has 0 aliphatic heterocycles. The lowest BCUT2D eigenvalue weighted by Crippen LogP contribution is -2.21. The van der Waals surface area contributed by atoms with Gasteiger partial charge in [0.25, 0.3) is 5.56 Å². The Hall–Kier alpha value is -2.18. The van der Waals surface area contributed by atoms with Crippen molar-refractivity contribution >= 4 is 11.6 Å². The number of pyridine rings is 1. The van der Waals surface area contributed by atoms with Crippen LogP contribution in [0.2, 0.25) is 0 Å². The molecular weight excluding hydrogens is 274 g/mol. The Balaban J connectivity index is 2.01. The predicted molar refractivity (Wildman–Crippen MR) is 80.2 cm³/mol. The van der Waals surface area contributed by atoms with Gasteiger partial charge in [-0.25, -0.2) is 0 Å². The molecule has 0 bridgehead atoms. The number of para-hydroxylation sites is 1. The van der Waals surface area contributed by atoms with Gasteiger partial charge in [0.15, 0.2) is 0 Å². The standard InChI is InChI=1S/C16H14ClNO2/c17-10-5-7-14-6-1-2-8-15(14)20-13-12-18-11-4-3-9-16(18)19/h1-4,6,8-9,11H,10,12-13H2. The van der Waals surface area contributed by atoms with Gasteiger partial charge in [-0.05, 0) is 18.2 Å². The molecule has 0 aliphatic carbocycles. The molecule has 2 rings (SSSR count). The molecule has 0 spiro atoms. The van der Waals surface area contributed by atoms with E-state index in [9.17, 15) is 4.79 Å². The number of rotatable bonds is 4. The van der Waals surface area contributed by atoms with Crippen LogP contribution in [0.1, 0.15) is 5.56 Å². The second kappa shape index (κ2) is 7.42. The number of aromatic nitrogens is 1. The van der Waals surface area contributed by atoms with E-state index in [0.717, 1.165) is 5.56 Å². The van der Waals surface area contributed by atoms with Gasteiger partial charge in [0, 0.05) is 12.3 Å². The Morgan fingerprint density at radius 1 is 1.15 bits per heavy atom. The maximum atomic E-state index is 11.5. The first-order valence-electron chi connectivity index (χ1n) is 6.23. The van der Waals surface area contributed by atoms with E-state index in [4.69, 9.17) is 16.3 Å². The van der Waals surface area contributed by atoms with Crippen molar-refractivity contribution < 1.29 is 4.74 Å². The normalized spacial score (nSPS) is 9.65. The molecule has 102 valence electrons. The molecule has 0 atom stereocenters. The largest absolute Gasteiger partial charge is 0.490 e. The van der Waals surface area contributed by atoms with E-state index < -0.39 is 0 Å². The number of alkyl halides is 1. The average molecular weight is 288 g/mol. The summed E-state index contributed by atoms with van der Waals surface area (Å²) >= 11 is 5.55. The van der Waals surface area contributed by atoms with Crippen LogP contribution in [0.3, 0.4) is 0 Å². The quantitative estimate of drug-likeness (QED) is 0.639. The summed E-state index contributed by atoms with van der Waals surface area (Å²) in [6.07, 6.45) is 1.74. The molecule has 4 heteroatoms. The second-order valence-corrected chi connectivity index (χ2v) is 4.28. The molecule has 20 heavy (non-hydrogen) atoms. The van der Waals surface area contributed by atoms with E-state index in [1.165, 1.54) is 6.07 Å². The Bertz CT molecular complexity index is 682. The van der Waals surface area contributed by atoms with E-state index in [0.29, 0.717) is 18.9 Å². The lowest BCUT2D eigenvalue weighted by Gasteiger charge is -2.09. The third-order valence-electron chi connectivity index (χ3n) is 2.67. The van der Waals surface area contributed by atoms with Crippen LogP contribution in [0, 0.1) is 11.8 Å². The highest BCUT2D eigenvalue weighted by atomic mass is 35.5. The van der Waals surface area contributed by atoms with Gasteiger partial charge in [0.1, 0.15) is 12.4 Å². The lowest BCUT2D eigenvalue weighted by atomic mass is 10.2. The summed E-state index contributed by atoms with van der Waals surface area (Å²) < 4.78 is 7.29. The molecule has 0 saturated carbocycles. The van der Waals surface area contributed by atoms with Gasteiger partial charge < -0.3 is 9.30 Å². The summed E-state index contributed by atoms with van der Waals surface area (Å²) in [5, 5.41) is 0. The molecule has 0 saturated heterocycles. The molecule has 3 nitrogen and oxygen atoms in total. The molecule has 0 N–H and O–H groups in total. The van der Waals surface area contributed by atoms with Crippen LogP contribution >= 0.6 is 11.6 Å². The van der Waals surface area contributed by atoms with Crippen LogP contribution < -0.4 is 10.3 Å². The zero-order valence-corrected chi connectivity index (χ0v) is 11.6. The van der Waals surface area contributed by atoms with Gasteiger partial charge >= 0.3 is 0 Å². The number of benzene rings is 1. The van der Waals surface area contributed by atoms with Crippen molar-refractivity contribution in [1.29, 1.82) is 0 Å². The number of halogens is 1. The van der Waals surface area contributed by atoms with Crippen molar-refractivity contribution in [3.63, 3.8) is 0 Å². The fourth-order valence-corrected chi connectivity index (χ4v) is 1.79. The number of ether oxygens (including phenoxy) is 1. The maximum Gasteiger partial charge on any atom is 0.250 e. The lowest BCUT2D eigenvalue weighted by molar-refractivity contribution is 0.295. The highest BCUT2D eigenvalue weighted by molar-refractivity contribution is 6.19. The zero-order valence-electron chi connectivity index (χ0n) is 10.9. The van der Waals surface area contributed by atoms with Gasteiger partial charge in [-0.15, -0.1) is 11.6 Å². The van der Waals surface area contributed by atoms with Crippen LogP contribution in [0.5, 0.6) is 5.75 Å². The number of hydrogen-bond donors (Lipinski definition) is 0. The van der Waals surface area contributed by atoms with Gasteiger partial charge in [-0.1, -0.05) is 30.0 Å². The summed E-state index contributed by atoms with van der Waals surface area (Å²) in [5.74, 6) is 6.74. The number of hydrogen-bond acceptors (Lipinski definition) is 2. The van der Waals surface area contributed by atoms with Crippen LogP contribution in [-0.4, -0.2) is 17.1 Å². The van der Waals surface area contributed by atoms with Crippen molar-refractivity contribution in [1.82, 2.24) is 4.57 Å².